The zero-order chi connectivity index (χ0) is 22.7. The van der Waals surface area contributed by atoms with Crippen LogP contribution in [0.5, 0.6) is 11.5 Å². The molecule has 0 aliphatic carbocycles. The number of amides is 2. The van der Waals surface area contributed by atoms with Gasteiger partial charge < -0.3 is 24.7 Å². The van der Waals surface area contributed by atoms with Gasteiger partial charge in [-0.2, -0.15) is 0 Å². The molecule has 32 heavy (non-hydrogen) atoms. The summed E-state index contributed by atoms with van der Waals surface area (Å²) in [6, 6.07) is 9.80. The summed E-state index contributed by atoms with van der Waals surface area (Å²) in [7, 11) is 1.76. The van der Waals surface area contributed by atoms with E-state index in [1.807, 2.05) is 0 Å². The van der Waals surface area contributed by atoms with Gasteiger partial charge in [-0.3, -0.25) is 9.59 Å². The van der Waals surface area contributed by atoms with Crippen LogP contribution in [0, 0.1) is 0 Å². The van der Waals surface area contributed by atoms with Crippen LogP contribution in [0.4, 0.5) is 5.69 Å². The van der Waals surface area contributed by atoms with Crippen molar-refractivity contribution in [3.8, 4) is 11.5 Å². The third-order valence-electron chi connectivity index (χ3n) is 4.50. The van der Waals surface area contributed by atoms with Crippen LogP contribution < -0.4 is 20.1 Å². The van der Waals surface area contributed by atoms with E-state index in [1.54, 1.807) is 48.0 Å². The van der Waals surface area contributed by atoms with Crippen molar-refractivity contribution in [2.75, 3.05) is 17.9 Å². The van der Waals surface area contributed by atoms with Gasteiger partial charge in [-0.15, -0.1) is 10.2 Å². The van der Waals surface area contributed by atoms with Crippen molar-refractivity contribution < 1.29 is 19.1 Å². The molecule has 12 heteroatoms. The smallest absolute Gasteiger partial charge is 0.251 e. The number of carbonyl (C=O) groups excluding carboxylic acids is 2. The van der Waals surface area contributed by atoms with Gasteiger partial charge >= 0.3 is 0 Å². The highest BCUT2D eigenvalue weighted by atomic mass is 35.5. The largest absolute Gasteiger partial charge is 0.454 e. The van der Waals surface area contributed by atoms with Crippen LogP contribution >= 0.6 is 35.0 Å². The Morgan fingerprint density at radius 3 is 2.78 bits per heavy atom. The highest BCUT2D eigenvalue weighted by Crippen LogP contribution is 2.32. The number of anilines is 1. The number of benzene rings is 2. The average molecular weight is 494 g/mol. The zero-order valence-corrected chi connectivity index (χ0v) is 19.1. The molecule has 0 fully saturated rings. The van der Waals surface area contributed by atoms with E-state index in [1.165, 1.54) is 11.8 Å². The van der Waals surface area contributed by atoms with Gasteiger partial charge in [0, 0.05) is 17.6 Å². The van der Waals surface area contributed by atoms with Crippen LogP contribution in [0.1, 0.15) is 16.2 Å². The van der Waals surface area contributed by atoms with Gasteiger partial charge in [-0.25, -0.2) is 0 Å². The third kappa shape index (κ3) is 5.09. The van der Waals surface area contributed by atoms with Crippen molar-refractivity contribution in [2.24, 2.45) is 7.05 Å². The van der Waals surface area contributed by atoms with Crippen molar-refractivity contribution in [3.63, 3.8) is 0 Å². The molecule has 2 amide bonds. The number of fused-ring (bicyclic) bond motifs is 1. The average Bonchev–Trinajstić information content (AvgIpc) is 3.39. The molecule has 9 nitrogen and oxygen atoms in total. The van der Waals surface area contributed by atoms with Crippen LogP contribution in [0.25, 0.3) is 0 Å². The number of halogens is 2. The van der Waals surface area contributed by atoms with Crippen LogP contribution in [0.3, 0.4) is 0 Å². The minimum Gasteiger partial charge on any atom is -0.454 e. The summed E-state index contributed by atoms with van der Waals surface area (Å²) in [5.41, 5.74) is 0.886. The summed E-state index contributed by atoms with van der Waals surface area (Å²) in [5.74, 6) is 1.24. The molecule has 0 unspecified atom stereocenters. The normalized spacial score (nSPS) is 12.0. The van der Waals surface area contributed by atoms with Crippen LogP contribution in [-0.2, 0) is 18.4 Å². The maximum absolute atomic E-state index is 12.4. The molecule has 166 valence electrons. The molecule has 0 saturated carbocycles. The molecular weight excluding hydrogens is 477 g/mol. The van der Waals surface area contributed by atoms with Gasteiger partial charge in [-0.1, -0.05) is 35.0 Å². The molecule has 2 aromatic carbocycles. The molecule has 1 aliphatic rings. The number of nitrogens with zero attached hydrogens (tertiary/aromatic N) is 3. The van der Waals surface area contributed by atoms with E-state index >= 15 is 0 Å². The molecule has 0 bridgehead atoms. The van der Waals surface area contributed by atoms with Crippen LogP contribution in [-0.4, -0.2) is 39.1 Å². The Hall–Kier alpha value is -2.95. The predicted molar refractivity (Wildman–Crippen MR) is 121 cm³/mol. The topological polar surface area (TPSA) is 107 Å². The molecule has 4 rings (SSSR count). The Labute approximate surface area is 197 Å². The van der Waals surface area contributed by atoms with Crippen molar-refractivity contribution >= 4 is 52.5 Å². The fourth-order valence-corrected chi connectivity index (χ4v) is 3.90. The van der Waals surface area contributed by atoms with Gasteiger partial charge in [0.05, 0.1) is 23.0 Å². The lowest BCUT2D eigenvalue weighted by atomic mass is 10.2. The lowest BCUT2D eigenvalue weighted by Crippen LogP contribution is -2.24. The molecule has 2 heterocycles. The summed E-state index contributed by atoms with van der Waals surface area (Å²) in [6.45, 7) is 0.311. The zero-order valence-electron chi connectivity index (χ0n) is 16.7. The van der Waals surface area contributed by atoms with E-state index in [-0.39, 0.29) is 30.9 Å². The second kappa shape index (κ2) is 9.68. The molecule has 3 aromatic rings. The SMILES string of the molecule is Cn1c(CNC(=O)c2ccc3c(c2)OCO3)nnc1SCC(=O)Nc1cc(Cl)ccc1Cl. The molecule has 1 aromatic heterocycles. The first-order chi connectivity index (χ1) is 15.4. The van der Waals surface area contributed by atoms with E-state index in [0.29, 0.717) is 43.8 Å². The van der Waals surface area contributed by atoms with Gasteiger partial charge in [-0.05, 0) is 36.4 Å². The predicted octanol–water partition coefficient (Wildman–Crippen LogP) is 3.51. The highest BCUT2D eigenvalue weighted by Gasteiger charge is 2.17. The first-order valence-corrected chi connectivity index (χ1v) is 11.1. The molecule has 2 N–H and O–H groups in total. The molecule has 0 saturated heterocycles. The van der Waals surface area contributed by atoms with Crippen molar-refractivity contribution in [1.82, 2.24) is 20.1 Å². The number of carbonyl (C=O) groups is 2. The summed E-state index contributed by atoms with van der Waals surface area (Å²) in [4.78, 5) is 24.7. The lowest BCUT2D eigenvalue weighted by Gasteiger charge is -2.08. The minimum absolute atomic E-state index is 0.0956. The van der Waals surface area contributed by atoms with Crippen molar-refractivity contribution in [3.05, 3.63) is 57.8 Å². The fourth-order valence-electron chi connectivity index (χ4n) is 2.83. The molecular formula is C20H17Cl2N5O4S. The van der Waals surface area contributed by atoms with E-state index in [2.05, 4.69) is 20.8 Å². The monoisotopic (exact) mass is 493 g/mol. The summed E-state index contributed by atoms with van der Waals surface area (Å²) in [6.07, 6.45) is 0. The minimum atomic E-state index is -0.279. The van der Waals surface area contributed by atoms with Crippen LogP contribution in [0.2, 0.25) is 10.0 Å². The number of nitrogens with one attached hydrogen (secondary N) is 2. The second-order valence-corrected chi connectivity index (χ2v) is 8.46. The van der Waals surface area contributed by atoms with E-state index in [9.17, 15) is 9.59 Å². The van der Waals surface area contributed by atoms with Crippen molar-refractivity contribution in [1.29, 1.82) is 0 Å². The maximum atomic E-state index is 12.4. The first-order valence-electron chi connectivity index (χ1n) is 9.34. The number of rotatable bonds is 7. The molecule has 0 spiro atoms. The maximum Gasteiger partial charge on any atom is 0.251 e. The van der Waals surface area contributed by atoms with E-state index in [0.717, 1.165) is 0 Å². The quantitative estimate of drug-likeness (QED) is 0.484. The fraction of sp³-hybridized carbons (Fsp3) is 0.200. The van der Waals surface area contributed by atoms with E-state index in [4.69, 9.17) is 32.7 Å². The Bertz CT molecular complexity index is 1190. The molecule has 0 atom stereocenters. The lowest BCUT2D eigenvalue weighted by molar-refractivity contribution is -0.113. The highest BCUT2D eigenvalue weighted by molar-refractivity contribution is 7.99. The number of hydrogen-bond donors (Lipinski definition) is 2. The number of aromatic nitrogens is 3. The second-order valence-electron chi connectivity index (χ2n) is 6.67. The number of ether oxygens (including phenoxy) is 2. The Kier molecular flexibility index (Phi) is 6.73. The Morgan fingerprint density at radius 1 is 1.12 bits per heavy atom. The van der Waals surface area contributed by atoms with Gasteiger partial charge in [0.15, 0.2) is 22.5 Å². The van der Waals surface area contributed by atoms with Gasteiger partial charge in [0.25, 0.3) is 5.91 Å². The number of thioether (sulfide) groups is 1. The Morgan fingerprint density at radius 2 is 1.94 bits per heavy atom. The molecule has 1 aliphatic heterocycles. The van der Waals surface area contributed by atoms with Gasteiger partial charge in [0.2, 0.25) is 12.7 Å². The van der Waals surface area contributed by atoms with Crippen LogP contribution in [0.15, 0.2) is 41.6 Å². The Balaban J connectivity index is 1.30. The first kappa shape index (κ1) is 22.3. The number of hydrogen-bond acceptors (Lipinski definition) is 7. The van der Waals surface area contributed by atoms with Crippen molar-refractivity contribution in [2.45, 2.75) is 11.7 Å². The standard InChI is InChI=1S/C20H17Cl2N5O4S/c1-27-17(8-23-19(29)11-2-5-15-16(6-11)31-10-30-15)25-26-20(27)32-9-18(28)24-14-7-12(21)3-4-13(14)22/h2-7H,8-10H2,1H3,(H,23,29)(H,24,28). The summed E-state index contributed by atoms with van der Waals surface area (Å²) >= 11 is 13.2. The third-order valence-corrected chi connectivity index (χ3v) is 6.09. The summed E-state index contributed by atoms with van der Waals surface area (Å²) in [5, 5.41) is 15.1. The molecule has 0 radical (unpaired) electrons. The van der Waals surface area contributed by atoms with Gasteiger partial charge in [0.1, 0.15) is 0 Å². The summed E-state index contributed by atoms with van der Waals surface area (Å²) < 4.78 is 12.3. The van der Waals surface area contributed by atoms with E-state index < -0.39 is 0 Å².